The number of nitrogen functional groups attached to an aromatic ring is 1. The van der Waals surface area contributed by atoms with Gasteiger partial charge in [0.25, 0.3) is 0 Å². The van der Waals surface area contributed by atoms with E-state index in [-0.39, 0.29) is 5.82 Å². The first-order chi connectivity index (χ1) is 11.0. The number of carboxylic acid groups (broad SMARTS) is 1. The molecule has 23 heavy (non-hydrogen) atoms. The van der Waals surface area contributed by atoms with E-state index >= 15 is 0 Å². The number of nitrogens with two attached hydrogens (primary N) is 1. The Labute approximate surface area is 130 Å². The molecule has 0 aliphatic rings. The van der Waals surface area contributed by atoms with Crippen LogP contribution in [0.1, 0.15) is 10.4 Å². The van der Waals surface area contributed by atoms with E-state index < -0.39 is 17.3 Å². The van der Waals surface area contributed by atoms with E-state index in [4.69, 9.17) is 10.8 Å². The maximum Gasteiger partial charge on any atom is 0.338 e. The van der Waals surface area contributed by atoms with Gasteiger partial charge in [-0.05, 0) is 23.8 Å². The van der Waals surface area contributed by atoms with Crippen molar-refractivity contribution in [1.29, 1.82) is 0 Å². The molecule has 3 N–H and O–H groups in total. The third kappa shape index (κ3) is 2.61. The number of halogens is 1. The highest BCUT2D eigenvalue weighted by atomic mass is 19.1. The van der Waals surface area contributed by atoms with Gasteiger partial charge >= 0.3 is 5.97 Å². The van der Waals surface area contributed by atoms with Crippen LogP contribution in [-0.2, 0) is 7.05 Å². The molecule has 3 rings (SSSR count). The van der Waals surface area contributed by atoms with E-state index in [9.17, 15) is 9.18 Å². The molecule has 7 nitrogen and oxygen atoms in total. The standard InChI is InChI=1S/C15H12FN5O2/c1-21-13(7-19-20-21)9-4-11(14(17)18-6-9)8-2-3-10(15(22)23)12(16)5-8/h2-7H,1H3,(H2,17,18)(H,22,23). The summed E-state index contributed by atoms with van der Waals surface area (Å²) in [4.78, 5) is 15.0. The summed E-state index contributed by atoms with van der Waals surface area (Å²) in [5.41, 5.74) is 7.85. The first kappa shape index (κ1) is 14.6. The van der Waals surface area contributed by atoms with Gasteiger partial charge < -0.3 is 10.8 Å². The molecule has 116 valence electrons. The fraction of sp³-hybridized carbons (Fsp3) is 0.0667. The second-order valence-electron chi connectivity index (χ2n) is 4.90. The topological polar surface area (TPSA) is 107 Å². The largest absolute Gasteiger partial charge is 0.478 e. The lowest BCUT2D eigenvalue weighted by atomic mass is 10.0. The van der Waals surface area contributed by atoms with Crippen molar-refractivity contribution in [3.63, 3.8) is 0 Å². The molecule has 0 amide bonds. The van der Waals surface area contributed by atoms with Crippen molar-refractivity contribution in [2.75, 3.05) is 5.73 Å². The summed E-state index contributed by atoms with van der Waals surface area (Å²) in [7, 11) is 1.74. The lowest BCUT2D eigenvalue weighted by Crippen LogP contribution is -2.01. The number of carboxylic acids is 1. The van der Waals surface area contributed by atoms with Crippen LogP contribution >= 0.6 is 0 Å². The minimum atomic E-state index is -1.32. The number of hydrogen-bond donors (Lipinski definition) is 2. The Morgan fingerprint density at radius 2 is 2.04 bits per heavy atom. The minimum absolute atomic E-state index is 0.214. The number of aryl methyl sites for hydroxylation is 1. The van der Waals surface area contributed by atoms with Gasteiger partial charge in [0.05, 0.1) is 17.5 Å². The number of aromatic carboxylic acids is 1. The number of aromatic nitrogens is 4. The van der Waals surface area contributed by atoms with Crippen LogP contribution < -0.4 is 5.73 Å². The quantitative estimate of drug-likeness (QED) is 0.765. The van der Waals surface area contributed by atoms with Gasteiger partial charge in [-0.3, -0.25) is 0 Å². The van der Waals surface area contributed by atoms with Gasteiger partial charge in [0.1, 0.15) is 11.6 Å². The van der Waals surface area contributed by atoms with Gasteiger partial charge in [-0.2, -0.15) is 0 Å². The zero-order chi connectivity index (χ0) is 16.6. The molecule has 0 aliphatic carbocycles. The van der Waals surface area contributed by atoms with Crippen LogP contribution in [0.25, 0.3) is 22.4 Å². The third-order valence-corrected chi connectivity index (χ3v) is 3.44. The summed E-state index contributed by atoms with van der Waals surface area (Å²) in [6.07, 6.45) is 3.14. The van der Waals surface area contributed by atoms with Crippen molar-refractivity contribution in [1.82, 2.24) is 20.0 Å². The fourth-order valence-corrected chi connectivity index (χ4v) is 2.25. The van der Waals surface area contributed by atoms with E-state index in [2.05, 4.69) is 15.3 Å². The average Bonchev–Trinajstić information content (AvgIpc) is 2.93. The van der Waals surface area contributed by atoms with Gasteiger partial charge in [0, 0.05) is 24.4 Å². The molecule has 0 radical (unpaired) electrons. The fourth-order valence-electron chi connectivity index (χ4n) is 2.25. The first-order valence-electron chi connectivity index (χ1n) is 6.61. The smallest absolute Gasteiger partial charge is 0.338 e. The zero-order valence-corrected chi connectivity index (χ0v) is 12.1. The Hall–Kier alpha value is -3.29. The van der Waals surface area contributed by atoms with Crippen LogP contribution in [0.4, 0.5) is 10.2 Å². The first-order valence-corrected chi connectivity index (χ1v) is 6.61. The molecule has 0 saturated heterocycles. The number of nitrogens with zero attached hydrogens (tertiary/aromatic N) is 4. The lowest BCUT2D eigenvalue weighted by Gasteiger charge is -2.09. The van der Waals surface area contributed by atoms with E-state index in [0.29, 0.717) is 16.7 Å². The molecule has 0 bridgehead atoms. The predicted molar refractivity (Wildman–Crippen MR) is 81.0 cm³/mol. The molecule has 0 saturated carbocycles. The molecule has 3 aromatic rings. The van der Waals surface area contributed by atoms with Crippen molar-refractivity contribution in [3.05, 3.63) is 48.0 Å². The molecule has 1 aromatic carbocycles. The number of rotatable bonds is 3. The highest BCUT2D eigenvalue weighted by molar-refractivity contribution is 5.89. The Kier molecular flexibility index (Phi) is 3.49. The lowest BCUT2D eigenvalue weighted by molar-refractivity contribution is 0.0692. The van der Waals surface area contributed by atoms with Crippen LogP contribution in [0.2, 0.25) is 0 Å². The average molecular weight is 313 g/mol. The number of anilines is 1. The van der Waals surface area contributed by atoms with Crippen LogP contribution in [0.5, 0.6) is 0 Å². The van der Waals surface area contributed by atoms with E-state index in [0.717, 1.165) is 11.8 Å². The number of carbonyl (C=O) groups is 1. The minimum Gasteiger partial charge on any atom is -0.478 e. The van der Waals surface area contributed by atoms with E-state index in [1.807, 2.05) is 0 Å². The summed E-state index contributed by atoms with van der Waals surface area (Å²) in [6.45, 7) is 0. The SMILES string of the molecule is Cn1nncc1-c1cnc(N)c(-c2ccc(C(=O)O)c(F)c2)c1. The third-order valence-electron chi connectivity index (χ3n) is 3.44. The van der Waals surface area contributed by atoms with Gasteiger partial charge in [-0.1, -0.05) is 11.3 Å². The van der Waals surface area contributed by atoms with Crippen molar-refractivity contribution in [2.24, 2.45) is 7.05 Å². The van der Waals surface area contributed by atoms with Crippen LogP contribution in [0.15, 0.2) is 36.7 Å². The molecule has 8 heteroatoms. The Bertz CT molecular complexity index is 907. The van der Waals surface area contributed by atoms with Gasteiger partial charge in [-0.25, -0.2) is 18.9 Å². The number of benzene rings is 1. The molecule has 0 unspecified atom stereocenters. The van der Waals surface area contributed by atoms with Crippen molar-refractivity contribution < 1.29 is 14.3 Å². The second kappa shape index (κ2) is 5.48. The van der Waals surface area contributed by atoms with Gasteiger partial charge in [0.2, 0.25) is 0 Å². The maximum atomic E-state index is 13.9. The predicted octanol–water partition coefficient (Wildman–Crippen LogP) is 1.96. The summed E-state index contributed by atoms with van der Waals surface area (Å²) >= 11 is 0. The highest BCUT2D eigenvalue weighted by Crippen LogP contribution is 2.30. The maximum absolute atomic E-state index is 13.9. The molecule has 0 spiro atoms. The van der Waals surface area contributed by atoms with Crippen molar-refractivity contribution >= 4 is 11.8 Å². The van der Waals surface area contributed by atoms with Crippen molar-refractivity contribution in [3.8, 4) is 22.4 Å². The Morgan fingerprint density at radius 3 is 2.65 bits per heavy atom. The van der Waals surface area contributed by atoms with Crippen molar-refractivity contribution in [2.45, 2.75) is 0 Å². The van der Waals surface area contributed by atoms with Crippen LogP contribution in [0, 0.1) is 5.82 Å². The highest BCUT2D eigenvalue weighted by Gasteiger charge is 2.14. The van der Waals surface area contributed by atoms with Crippen LogP contribution in [0.3, 0.4) is 0 Å². The molecule has 0 aliphatic heterocycles. The normalized spacial score (nSPS) is 10.7. The second-order valence-corrected chi connectivity index (χ2v) is 4.90. The molecule has 0 atom stereocenters. The van der Waals surface area contributed by atoms with E-state index in [1.54, 1.807) is 30.2 Å². The van der Waals surface area contributed by atoms with Gasteiger partial charge in [-0.15, -0.1) is 5.10 Å². The molecular formula is C15H12FN5O2. The molecule has 2 aromatic heterocycles. The Morgan fingerprint density at radius 1 is 1.26 bits per heavy atom. The number of hydrogen-bond acceptors (Lipinski definition) is 5. The molecule has 0 fully saturated rings. The monoisotopic (exact) mass is 313 g/mol. The summed E-state index contributed by atoms with van der Waals surface area (Å²) < 4.78 is 15.5. The zero-order valence-electron chi connectivity index (χ0n) is 12.1. The summed E-state index contributed by atoms with van der Waals surface area (Å²) in [5, 5.41) is 16.5. The van der Waals surface area contributed by atoms with Gasteiger partial charge in [0.15, 0.2) is 0 Å². The Balaban J connectivity index is 2.11. The number of pyridine rings is 1. The molecular weight excluding hydrogens is 301 g/mol. The summed E-state index contributed by atoms with van der Waals surface area (Å²) in [5.74, 6) is -1.94. The molecule has 2 heterocycles. The van der Waals surface area contributed by atoms with E-state index in [1.165, 1.54) is 12.1 Å². The summed E-state index contributed by atoms with van der Waals surface area (Å²) in [6, 6.07) is 5.55. The van der Waals surface area contributed by atoms with Crippen LogP contribution in [-0.4, -0.2) is 31.1 Å².